The molecule has 3 nitrogen and oxygen atoms in total. The van der Waals surface area contributed by atoms with Crippen LogP contribution in [0.25, 0.3) is 0 Å². The Labute approximate surface area is 105 Å². The van der Waals surface area contributed by atoms with Crippen LogP contribution in [-0.4, -0.2) is 37.0 Å². The van der Waals surface area contributed by atoms with Gasteiger partial charge in [-0.3, -0.25) is 4.79 Å². The molecule has 1 heterocycles. The third-order valence-electron chi connectivity index (χ3n) is 3.23. The molecule has 0 aliphatic carbocycles. The van der Waals surface area contributed by atoms with Crippen molar-refractivity contribution in [3.63, 3.8) is 0 Å². The average Bonchev–Trinajstić information content (AvgIpc) is 2.38. The lowest BCUT2D eigenvalue weighted by molar-refractivity contribution is -0.133. The predicted molar refractivity (Wildman–Crippen MR) is 64.2 cm³/mol. The summed E-state index contributed by atoms with van der Waals surface area (Å²) in [7, 11) is 0. The molecule has 1 aromatic rings. The molecule has 2 rings (SSSR count). The van der Waals surface area contributed by atoms with Crippen LogP contribution in [0.5, 0.6) is 0 Å². The van der Waals surface area contributed by atoms with Crippen molar-refractivity contribution < 1.29 is 13.6 Å². The van der Waals surface area contributed by atoms with Crippen molar-refractivity contribution in [3.8, 4) is 0 Å². The Morgan fingerprint density at radius 3 is 2.39 bits per heavy atom. The minimum absolute atomic E-state index is 0.138. The molecule has 98 valence electrons. The van der Waals surface area contributed by atoms with Gasteiger partial charge >= 0.3 is 0 Å². The van der Waals surface area contributed by atoms with E-state index in [1.165, 1.54) is 18.2 Å². The molecule has 0 bridgehead atoms. The SMILES string of the molecule is CC(C(=O)N1CCNCC1)c1c(F)cccc1F. The van der Waals surface area contributed by atoms with Crippen LogP contribution in [0.4, 0.5) is 8.78 Å². The summed E-state index contributed by atoms with van der Waals surface area (Å²) in [5, 5.41) is 3.13. The van der Waals surface area contributed by atoms with Crippen LogP contribution >= 0.6 is 0 Å². The molecule has 1 aliphatic heterocycles. The van der Waals surface area contributed by atoms with Gasteiger partial charge in [0.15, 0.2) is 0 Å². The Morgan fingerprint density at radius 2 is 1.83 bits per heavy atom. The lowest BCUT2D eigenvalue weighted by Gasteiger charge is -2.30. The molecule has 1 atom stereocenters. The van der Waals surface area contributed by atoms with Gasteiger partial charge in [0.25, 0.3) is 0 Å². The van der Waals surface area contributed by atoms with Crippen LogP contribution in [0.3, 0.4) is 0 Å². The molecule has 0 radical (unpaired) electrons. The molecule has 0 saturated carbocycles. The quantitative estimate of drug-likeness (QED) is 0.867. The first kappa shape index (κ1) is 13.0. The van der Waals surface area contributed by atoms with Gasteiger partial charge in [-0.05, 0) is 19.1 Å². The summed E-state index contributed by atoms with van der Waals surface area (Å²) in [4.78, 5) is 13.8. The van der Waals surface area contributed by atoms with Gasteiger partial charge in [-0.15, -0.1) is 0 Å². The summed E-state index contributed by atoms with van der Waals surface area (Å²) in [5.74, 6) is -2.33. The minimum Gasteiger partial charge on any atom is -0.340 e. The van der Waals surface area contributed by atoms with E-state index in [0.29, 0.717) is 13.1 Å². The van der Waals surface area contributed by atoms with Crippen molar-refractivity contribution in [2.45, 2.75) is 12.8 Å². The third kappa shape index (κ3) is 2.51. The van der Waals surface area contributed by atoms with Crippen LogP contribution in [-0.2, 0) is 4.79 Å². The molecule has 18 heavy (non-hydrogen) atoms. The van der Waals surface area contributed by atoms with Crippen molar-refractivity contribution in [2.24, 2.45) is 0 Å². The predicted octanol–water partition coefficient (Wildman–Crippen LogP) is 1.50. The number of rotatable bonds is 2. The molecule has 1 aromatic carbocycles. The topological polar surface area (TPSA) is 32.3 Å². The number of halogens is 2. The van der Waals surface area contributed by atoms with E-state index in [-0.39, 0.29) is 11.5 Å². The van der Waals surface area contributed by atoms with Crippen LogP contribution in [0.2, 0.25) is 0 Å². The van der Waals surface area contributed by atoms with Crippen LogP contribution in [0.15, 0.2) is 18.2 Å². The van der Waals surface area contributed by atoms with Gasteiger partial charge in [0, 0.05) is 31.7 Å². The first-order valence-electron chi connectivity index (χ1n) is 6.04. The molecule has 1 fully saturated rings. The minimum atomic E-state index is -0.788. The van der Waals surface area contributed by atoms with Crippen molar-refractivity contribution in [1.29, 1.82) is 0 Å². The van der Waals surface area contributed by atoms with Crippen LogP contribution in [0.1, 0.15) is 18.4 Å². The highest BCUT2D eigenvalue weighted by atomic mass is 19.1. The zero-order chi connectivity index (χ0) is 13.1. The molecule has 1 N–H and O–H groups in total. The number of hydrogen-bond donors (Lipinski definition) is 1. The van der Waals surface area contributed by atoms with Gasteiger partial charge < -0.3 is 10.2 Å². The molecule has 1 amide bonds. The Balaban J connectivity index is 2.19. The highest BCUT2D eigenvalue weighted by Crippen LogP contribution is 2.24. The molecule has 1 aliphatic rings. The zero-order valence-electron chi connectivity index (χ0n) is 10.2. The molecule has 0 aromatic heterocycles. The maximum absolute atomic E-state index is 13.6. The van der Waals surface area contributed by atoms with E-state index in [0.717, 1.165) is 13.1 Å². The fourth-order valence-corrected chi connectivity index (χ4v) is 2.21. The Bertz CT molecular complexity index is 424. The van der Waals surface area contributed by atoms with E-state index in [1.54, 1.807) is 11.8 Å². The lowest BCUT2D eigenvalue weighted by Crippen LogP contribution is -2.47. The van der Waals surface area contributed by atoms with Gasteiger partial charge in [-0.1, -0.05) is 6.07 Å². The monoisotopic (exact) mass is 254 g/mol. The number of nitrogens with one attached hydrogen (secondary N) is 1. The van der Waals surface area contributed by atoms with E-state index in [2.05, 4.69) is 5.32 Å². The first-order valence-corrected chi connectivity index (χ1v) is 6.04. The number of hydrogen-bond acceptors (Lipinski definition) is 2. The Kier molecular flexibility index (Phi) is 3.91. The number of nitrogens with zero attached hydrogens (tertiary/aromatic N) is 1. The lowest BCUT2D eigenvalue weighted by atomic mass is 9.98. The summed E-state index contributed by atoms with van der Waals surface area (Å²) in [5.41, 5.74) is -0.138. The molecular formula is C13H16F2N2O. The highest BCUT2D eigenvalue weighted by Gasteiger charge is 2.27. The Morgan fingerprint density at radius 1 is 1.28 bits per heavy atom. The summed E-state index contributed by atoms with van der Waals surface area (Å²) in [6.45, 7) is 4.15. The summed E-state index contributed by atoms with van der Waals surface area (Å²) < 4.78 is 27.2. The zero-order valence-corrected chi connectivity index (χ0v) is 10.2. The largest absolute Gasteiger partial charge is 0.340 e. The van der Waals surface area contributed by atoms with Gasteiger partial charge in [0.1, 0.15) is 11.6 Å². The molecule has 5 heteroatoms. The van der Waals surface area contributed by atoms with Crippen molar-refractivity contribution in [1.82, 2.24) is 10.2 Å². The molecular weight excluding hydrogens is 238 g/mol. The maximum Gasteiger partial charge on any atom is 0.230 e. The summed E-state index contributed by atoms with van der Waals surface area (Å²) >= 11 is 0. The highest BCUT2D eigenvalue weighted by molar-refractivity contribution is 5.83. The number of amides is 1. The fraction of sp³-hybridized carbons (Fsp3) is 0.462. The maximum atomic E-state index is 13.6. The standard InChI is InChI=1S/C13H16F2N2O/c1-9(12-10(14)3-2-4-11(12)15)13(18)17-7-5-16-6-8-17/h2-4,9,16H,5-8H2,1H3. The van der Waals surface area contributed by atoms with Crippen LogP contribution < -0.4 is 5.32 Å². The smallest absolute Gasteiger partial charge is 0.230 e. The van der Waals surface area contributed by atoms with Gasteiger partial charge in [0.05, 0.1) is 5.92 Å². The van der Waals surface area contributed by atoms with Crippen molar-refractivity contribution in [3.05, 3.63) is 35.4 Å². The molecule has 0 spiro atoms. The third-order valence-corrected chi connectivity index (χ3v) is 3.23. The second-order valence-electron chi connectivity index (χ2n) is 4.43. The molecule has 1 saturated heterocycles. The number of carbonyl (C=O) groups is 1. The van der Waals surface area contributed by atoms with Gasteiger partial charge in [0.2, 0.25) is 5.91 Å². The molecule has 1 unspecified atom stereocenters. The fourth-order valence-electron chi connectivity index (χ4n) is 2.21. The first-order chi connectivity index (χ1) is 8.61. The van der Waals surface area contributed by atoms with E-state index in [4.69, 9.17) is 0 Å². The van der Waals surface area contributed by atoms with Crippen molar-refractivity contribution >= 4 is 5.91 Å². The van der Waals surface area contributed by atoms with Gasteiger partial charge in [-0.25, -0.2) is 8.78 Å². The average molecular weight is 254 g/mol. The van der Waals surface area contributed by atoms with E-state index in [1.807, 2.05) is 0 Å². The number of carbonyl (C=O) groups excluding carboxylic acids is 1. The Hall–Kier alpha value is -1.49. The van der Waals surface area contributed by atoms with Crippen molar-refractivity contribution in [2.75, 3.05) is 26.2 Å². The second-order valence-corrected chi connectivity index (χ2v) is 4.43. The number of benzene rings is 1. The normalized spacial score (nSPS) is 17.6. The summed E-state index contributed by atoms with van der Waals surface area (Å²) in [6, 6.07) is 3.66. The van der Waals surface area contributed by atoms with E-state index >= 15 is 0 Å². The van der Waals surface area contributed by atoms with Gasteiger partial charge in [-0.2, -0.15) is 0 Å². The van der Waals surface area contributed by atoms with E-state index in [9.17, 15) is 13.6 Å². The number of piperazine rings is 1. The van der Waals surface area contributed by atoms with E-state index < -0.39 is 17.6 Å². The summed E-state index contributed by atoms with van der Waals surface area (Å²) in [6.07, 6.45) is 0. The van der Waals surface area contributed by atoms with Crippen LogP contribution in [0, 0.1) is 11.6 Å². The second kappa shape index (κ2) is 5.44.